The number of pyridine rings is 1. The lowest BCUT2D eigenvalue weighted by molar-refractivity contribution is 0.187. The standard InChI is InChI=1S/C24H22ClFN6/c25-20-16(3-1-5-17(20)26)22-30-14-19-23(29-9-12-32(19)22)31-10-6-24(7-11-31)13-18-15(21(24)27)4-2-8-28-18/h1-5,8-9,12,14,21H,6-7,10-11,13,27H2/t21-/m1/s1. The van der Waals surface area contributed by atoms with Crippen LogP contribution < -0.4 is 10.6 Å². The van der Waals surface area contributed by atoms with Gasteiger partial charge in [-0.05, 0) is 48.4 Å². The highest BCUT2D eigenvalue weighted by atomic mass is 35.5. The first-order chi connectivity index (χ1) is 15.6. The van der Waals surface area contributed by atoms with Crippen molar-refractivity contribution in [2.45, 2.75) is 25.3 Å². The molecule has 8 heteroatoms. The molecule has 3 aromatic heterocycles. The fourth-order valence-electron chi connectivity index (χ4n) is 5.34. The predicted octanol–water partition coefficient (Wildman–Crippen LogP) is 4.43. The summed E-state index contributed by atoms with van der Waals surface area (Å²) in [5.74, 6) is 1.01. The lowest BCUT2D eigenvalue weighted by atomic mass is 9.73. The molecule has 0 unspecified atom stereocenters. The summed E-state index contributed by atoms with van der Waals surface area (Å²) in [6, 6.07) is 8.87. The van der Waals surface area contributed by atoms with Crippen LogP contribution in [-0.4, -0.2) is 32.4 Å². The Bertz CT molecular complexity index is 1330. The van der Waals surface area contributed by atoms with Crippen LogP contribution in [0.5, 0.6) is 0 Å². The summed E-state index contributed by atoms with van der Waals surface area (Å²) in [4.78, 5) is 16.1. The monoisotopic (exact) mass is 448 g/mol. The van der Waals surface area contributed by atoms with Crippen molar-refractivity contribution in [2.24, 2.45) is 11.1 Å². The molecular formula is C24H22ClFN6. The summed E-state index contributed by atoms with van der Waals surface area (Å²) in [5.41, 5.74) is 10.5. The molecule has 2 N–H and O–H groups in total. The average molecular weight is 449 g/mol. The molecule has 6 nitrogen and oxygen atoms in total. The lowest BCUT2D eigenvalue weighted by Crippen LogP contribution is -2.44. The Kier molecular flexibility index (Phi) is 4.45. The van der Waals surface area contributed by atoms with Crippen LogP contribution in [0.15, 0.2) is 55.1 Å². The third-order valence-electron chi connectivity index (χ3n) is 7.13. The Morgan fingerprint density at radius 1 is 1.06 bits per heavy atom. The van der Waals surface area contributed by atoms with Crippen LogP contribution in [-0.2, 0) is 6.42 Å². The van der Waals surface area contributed by atoms with Gasteiger partial charge in [-0.25, -0.2) is 14.4 Å². The molecule has 1 aliphatic heterocycles. The second-order valence-corrected chi connectivity index (χ2v) is 9.11. The Labute approximate surface area is 189 Å². The van der Waals surface area contributed by atoms with Crippen molar-refractivity contribution in [3.63, 3.8) is 0 Å². The first-order valence-electron chi connectivity index (χ1n) is 10.8. The highest BCUT2D eigenvalue weighted by Crippen LogP contribution is 2.50. The second kappa shape index (κ2) is 7.25. The number of benzene rings is 1. The van der Waals surface area contributed by atoms with Crippen LogP contribution in [0, 0.1) is 11.2 Å². The lowest BCUT2D eigenvalue weighted by Gasteiger charge is -2.42. The van der Waals surface area contributed by atoms with Gasteiger partial charge < -0.3 is 10.6 Å². The van der Waals surface area contributed by atoms with Crippen molar-refractivity contribution in [3.05, 3.63) is 77.2 Å². The summed E-state index contributed by atoms with van der Waals surface area (Å²) >= 11 is 6.22. The van der Waals surface area contributed by atoms with E-state index >= 15 is 0 Å². The molecular weight excluding hydrogens is 427 g/mol. The van der Waals surface area contributed by atoms with Gasteiger partial charge in [0.25, 0.3) is 0 Å². The average Bonchev–Trinajstić information content (AvgIpc) is 3.36. The first-order valence-corrected chi connectivity index (χ1v) is 11.2. The number of hydrogen-bond donors (Lipinski definition) is 1. The smallest absolute Gasteiger partial charge is 0.154 e. The van der Waals surface area contributed by atoms with E-state index in [1.807, 2.05) is 22.9 Å². The minimum absolute atomic E-state index is 0.0220. The number of anilines is 1. The molecule has 4 heterocycles. The Morgan fingerprint density at radius 3 is 2.72 bits per heavy atom. The quantitative estimate of drug-likeness (QED) is 0.491. The normalized spacial score (nSPS) is 19.6. The van der Waals surface area contributed by atoms with E-state index in [9.17, 15) is 4.39 Å². The third-order valence-corrected chi connectivity index (χ3v) is 7.51. The number of piperidine rings is 1. The number of fused-ring (bicyclic) bond motifs is 2. The Balaban J connectivity index is 1.31. The molecule has 1 saturated heterocycles. The highest BCUT2D eigenvalue weighted by Gasteiger charge is 2.46. The Morgan fingerprint density at radius 2 is 1.91 bits per heavy atom. The molecule has 1 aliphatic carbocycles. The zero-order valence-corrected chi connectivity index (χ0v) is 18.1. The molecule has 1 fully saturated rings. The van der Waals surface area contributed by atoms with Gasteiger partial charge in [0.05, 0.1) is 11.2 Å². The van der Waals surface area contributed by atoms with Gasteiger partial charge in [-0.3, -0.25) is 9.38 Å². The zero-order valence-electron chi connectivity index (χ0n) is 17.4. The van der Waals surface area contributed by atoms with E-state index in [2.05, 4.69) is 25.9 Å². The van der Waals surface area contributed by atoms with Crippen molar-refractivity contribution in [1.29, 1.82) is 0 Å². The maximum absolute atomic E-state index is 14.0. The molecule has 32 heavy (non-hydrogen) atoms. The van der Waals surface area contributed by atoms with E-state index in [1.165, 1.54) is 11.6 Å². The topological polar surface area (TPSA) is 72.3 Å². The molecule has 1 aromatic carbocycles. The summed E-state index contributed by atoms with van der Waals surface area (Å²) in [7, 11) is 0. The molecule has 162 valence electrons. The SMILES string of the molecule is N[C@@H]1c2cccnc2CC12CCN(c1nccn3c(-c4cccc(F)c4Cl)ncc13)CC2. The van der Waals surface area contributed by atoms with Gasteiger partial charge in [-0.15, -0.1) is 0 Å². The van der Waals surface area contributed by atoms with Crippen molar-refractivity contribution in [1.82, 2.24) is 19.4 Å². The van der Waals surface area contributed by atoms with Gasteiger partial charge in [0.15, 0.2) is 5.82 Å². The summed E-state index contributed by atoms with van der Waals surface area (Å²) < 4.78 is 15.9. The number of halogens is 2. The Hall–Kier alpha value is -3.03. The van der Waals surface area contributed by atoms with Gasteiger partial charge in [0, 0.05) is 49.0 Å². The van der Waals surface area contributed by atoms with Gasteiger partial charge in [0.2, 0.25) is 0 Å². The van der Waals surface area contributed by atoms with Crippen molar-refractivity contribution in [2.75, 3.05) is 18.0 Å². The molecule has 1 spiro atoms. The number of aromatic nitrogens is 4. The molecule has 0 saturated carbocycles. The molecule has 4 aromatic rings. The molecule has 2 aliphatic rings. The van der Waals surface area contributed by atoms with Crippen LogP contribution in [0.1, 0.15) is 30.1 Å². The molecule has 0 bridgehead atoms. The number of hydrogen-bond acceptors (Lipinski definition) is 5. The van der Waals surface area contributed by atoms with Gasteiger partial charge in [-0.1, -0.05) is 23.7 Å². The van der Waals surface area contributed by atoms with Crippen molar-refractivity contribution >= 4 is 22.9 Å². The fraction of sp³-hybridized carbons (Fsp3) is 0.292. The number of nitrogens with zero attached hydrogens (tertiary/aromatic N) is 5. The van der Waals surface area contributed by atoms with Crippen LogP contribution in [0.2, 0.25) is 5.02 Å². The van der Waals surface area contributed by atoms with Crippen LogP contribution in [0.3, 0.4) is 0 Å². The minimum atomic E-state index is -0.458. The fourth-order valence-corrected chi connectivity index (χ4v) is 5.55. The van der Waals surface area contributed by atoms with Crippen LogP contribution >= 0.6 is 11.6 Å². The summed E-state index contributed by atoms with van der Waals surface area (Å²) in [5, 5.41) is 0.0710. The van der Waals surface area contributed by atoms with Crippen LogP contribution in [0.4, 0.5) is 10.2 Å². The maximum atomic E-state index is 14.0. The van der Waals surface area contributed by atoms with Gasteiger partial charge in [-0.2, -0.15) is 0 Å². The predicted molar refractivity (Wildman–Crippen MR) is 122 cm³/mol. The molecule has 6 rings (SSSR count). The van der Waals surface area contributed by atoms with E-state index < -0.39 is 5.82 Å². The van der Waals surface area contributed by atoms with Crippen molar-refractivity contribution < 1.29 is 4.39 Å². The van der Waals surface area contributed by atoms with Crippen LogP contribution in [0.25, 0.3) is 16.9 Å². The van der Waals surface area contributed by atoms with Gasteiger partial charge >= 0.3 is 0 Å². The largest absolute Gasteiger partial charge is 0.355 e. The zero-order chi connectivity index (χ0) is 21.9. The summed E-state index contributed by atoms with van der Waals surface area (Å²) in [6.07, 6.45) is 10.1. The first kappa shape index (κ1) is 19.6. The van der Waals surface area contributed by atoms with E-state index in [4.69, 9.17) is 17.3 Å². The third kappa shape index (κ3) is 2.84. The van der Waals surface area contributed by atoms with E-state index in [0.717, 1.165) is 49.4 Å². The minimum Gasteiger partial charge on any atom is -0.355 e. The molecule has 0 amide bonds. The second-order valence-electron chi connectivity index (χ2n) is 8.73. The summed E-state index contributed by atoms with van der Waals surface area (Å²) in [6.45, 7) is 1.71. The highest BCUT2D eigenvalue weighted by molar-refractivity contribution is 6.33. The molecule has 1 atom stereocenters. The van der Waals surface area contributed by atoms with E-state index in [-0.39, 0.29) is 16.5 Å². The van der Waals surface area contributed by atoms with Gasteiger partial charge in [0.1, 0.15) is 17.2 Å². The molecule has 0 radical (unpaired) electrons. The van der Waals surface area contributed by atoms with E-state index in [0.29, 0.717) is 11.4 Å². The van der Waals surface area contributed by atoms with E-state index in [1.54, 1.807) is 24.5 Å². The number of rotatable bonds is 2. The number of nitrogens with two attached hydrogens (primary N) is 1. The number of imidazole rings is 1. The van der Waals surface area contributed by atoms with Crippen molar-refractivity contribution in [3.8, 4) is 11.4 Å². The maximum Gasteiger partial charge on any atom is 0.154 e.